The fourth-order valence-corrected chi connectivity index (χ4v) is 3.67. The first kappa shape index (κ1) is 24.9. The van der Waals surface area contributed by atoms with Crippen LogP contribution in [-0.2, 0) is 0 Å². The second-order valence-electron chi connectivity index (χ2n) is 8.92. The van der Waals surface area contributed by atoms with Crippen molar-refractivity contribution < 1.29 is 4.79 Å². The van der Waals surface area contributed by atoms with E-state index in [-0.39, 0.29) is 24.4 Å². The molecule has 1 saturated heterocycles. The van der Waals surface area contributed by atoms with Crippen LogP contribution in [0.2, 0.25) is 0 Å². The van der Waals surface area contributed by atoms with Gasteiger partial charge in [0.05, 0.1) is 12.2 Å². The maximum absolute atomic E-state index is 13.2. The number of rotatable bonds is 10. The Labute approximate surface area is 177 Å². The summed E-state index contributed by atoms with van der Waals surface area (Å²) < 4.78 is 1.90. The van der Waals surface area contributed by atoms with Crippen LogP contribution < -0.4 is 5.32 Å². The molecule has 1 fully saturated rings. The quantitative estimate of drug-likeness (QED) is 0.620. The Bertz CT molecular complexity index is 569. The number of nitrogens with one attached hydrogen (secondary N) is 1. The summed E-state index contributed by atoms with van der Waals surface area (Å²) in [5.41, 5.74) is 0.494. The van der Waals surface area contributed by atoms with Gasteiger partial charge < -0.3 is 10.2 Å². The van der Waals surface area contributed by atoms with Crippen molar-refractivity contribution in [2.45, 2.75) is 85.2 Å². The van der Waals surface area contributed by atoms with Crippen molar-refractivity contribution >= 4 is 18.3 Å². The molecule has 2 rings (SSSR count). The van der Waals surface area contributed by atoms with Crippen LogP contribution in [0.3, 0.4) is 0 Å². The smallest absolute Gasteiger partial charge is 0.276 e. The number of aromatic nitrogens is 3. The van der Waals surface area contributed by atoms with Crippen molar-refractivity contribution in [3.63, 3.8) is 0 Å². The molecule has 2 heterocycles. The molecule has 0 aliphatic carbocycles. The van der Waals surface area contributed by atoms with Crippen LogP contribution in [-0.4, -0.2) is 51.5 Å². The molecule has 0 spiro atoms. The minimum atomic E-state index is 0. The molecule has 1 N–H and O–H groups in total. The Kier molecular flexibility index (Phi) is 11.1. The monoisotopic (exact) mass is 413 g/mol. The van der Waals surface area contributed by atoms with Crippen molar-refractivity contribution in [2.75, 3.05) is 19.6 Å². The number of amides is 1. The van der Waals surface area contributed by atoms with Crippen LogP contribution in [0.15, 0.2) is 6.20 Å². The van der Waals surface area contributed by atoms with Crippen molar-refractivity contribution in [3.8, 4) is 0 Å². The third-order valence-electron chi connectivity index (χ3n) is 5.56. The Balaban J connectivity index is 0.00000392. The van der Waals surface area contributed by atoms with Crippen LogP contribution >= 0.6 is 12.4 Å². The fraction of sp³-hybridized carbons (Fsp3) is 0.857. The predicted octanol–water partition coefficient (Wildman–Crippen LogP) is 4.33. The van der Waals surface area contributed by atoms with E-state index in [2.05, 4.69) is 50.2 Å². The molecule has 1 aromatic rings. The molecule has 162 valence electrons. The molecular formula is C21H40ClN5O. The first-order chi connectivity index (χ1) is 12.9. The van der Waals surface area contributed by atoms with E-state index in [1.54, 1.807) is 0 Å². The van der Waals surface area contributed by atoms with Crippen molar-refractivity contribution in [3.05, 3.63) is 11.9 Å². The van der Waals surface area contributed by atoms with Gasteiger partial charge in [0, 0.05) is 12.6 Å². The lowest BCUT2D eigenvalue weighted by atomic mass is 10.0. The minimum absolute atomic E-state index is 0. The molecule has 7 heteroatoms. The molecule has 1 amide bonds. The predicted molar refractivity (Wildman–Crippen MR) is 117 cm³/mol. The molecule has 1 unspecified atom stereocenters. The molecule has 0 bridgehead atoms. The number of piperidine rings is 1. The maximum atomic E-state index is 13.2. The summed E-state index contributed by atoms with van der Waals surface area (Å²) in [6.07, 6.45) is 8.38. The van der Waals surface area contributed by atoms with Crippen LogP contribution in [0, 0.1) is 11.8 Å². The number of hydrogen-bond acceptors (Lipinski definition) is 4. The second-order valence-corrected chi connectivity index (χ2v) is 8.92. The van der Waals surface area contributed by atoms with E-state index in [1.165, 1.54) is 6.42 Å². The largest absolute Gasteiger partial charge is 0.334 e. The van der Waals surface area contributed by atoms with E-state index in [0.717, 1.165) is 51.7 Å². The highest BCUT2D eigenvalue weighted by atomic mass is 35.5. The lowest BCUT2D eigenvalue weighted by molar-refractivity contribution is 0.0665. The zero-order valence-electron chi connectivity index (χ0n) is 18.4. The van der Waals surface area contributed by atoms with Gasteiger partial charge in [0.25, 0.3) is 5.91 Å². The molecule has 0 aromatic carbocycles. The van der Waals surface area contributed by atoms with Gasteiger partial charge >= 0.3 is 0 Å². The highest BCUT2D eigenvalue weighted by Crippen LogP contribution is 2.19. The molecule has 1 aliphatic rings. The molecule has 28 heavy (non-hydrogen) atoms. The Morgan fingerprint density at radius 1 is 1.14 bits per heavy atom. The summed E-state index contributed by atoms with van der Waals surface area (Å²) in [6.45, 7) is 13.9. The third-order valence-corrected chi connectivity index (χ3v) is 5.56. The average molecular weight is 414 g/mol. The molecule has 6 nitrogen and oxygen atoms in total. The highest BCUT2D eigenvalue weighted by Gasteiger charge is 2.25. The molecule has 1 aromatic heterocycles. The first-order valence-electron chi connectivity index (χ1n) is 10.8. The van der Waals surface area contributed by atoms with Crippen LogP contribution in [0.1, 0.15) is 89.7 Å². The first-order valence-corrected chi connectivity index (χ1v) is 10.8. The van der Waals surface area contributed by atoms with Gasteiger partial charge in [-0.3, -0.25) is 4.79 Å². The SMILES string of the molecule is CC(C)CCCC(C)N(CCC(C)C)C(=O)c1cn(C2CCNCC2)nn1.Cl. The van der Waals surface area contributed by atoms with Gasteiger partial charge in [0.1, 0.15) is 0 Å². The standard InChI is InChI=1S/C21H39N5O.ClH/c1-16(2)7-6-8-18(5)25(14-11-17(3)4)21(27)20-15-26(24-23-20)19-9-12-22-13-10-19;/h15-19,22H,6-14H2,1-5H3;1H. The van der Waals surface area contributed by atoms with Gasteiger partial charge in [-0.25, -0.2) is 4.68 Å². The van der Waals surface area contributed by atoms with Crippen molar-refractivity contribution in [2.24, 2.45) is 11.8 Å². The van der Waals surface area contributed by atoms with Crippen molar-refractivity contribution in [1.82, 2.24) is 25.2 Å². The van der Waals surface area contributed by atoms with E-state index < -0.39 is 0 Å². The number of carbonyl (C=O) groups excluding carboxylic acids is 1. The van der Waals surface area contributed by atoms with Crippen LogP contribution in [0.25, 0.3) is 0 Å². The zero-order chi connectivity index (χ0) is 19.8. The second kappa shape index (κ2) is 12.4. The Morgan fingerprint density at radius 3 is 2.39 bits per heavy atom. The van der Waals surface area contributed by atoms with Gasteiger partial charge in [0.2, 0.25) is 0 Å². The number of nitrogens with zero attached hydrogens (tertiary/aromatic N) is 4. The zero-order valence-corrected chi connectivity index (χ0v) is 19.2. The number of carbonyl (C=O) groups is 1. The van der Waals surface area contributed by atoms with E-state index in [0.29, 0.717) is 23.6 Å². The molecular weight excluding hydrogens is 374 g/mol. The van der Waals surface area contributed by atoms with E-state index in [4.69, 9.17) is 0 Å². The van der Waals surface area contributed by atoms with Crippen LogP contribution in [0.5, 0.6) is 0 Å². The molecule has 1 aliphatic heterocycles. The summed E-state index contributed by atoms with van der Waals surface area (Å²) in [6, 6.07) is 0.590. The molecule has 0 radical (unpaired) electrons. The van der Waals surface area contributed by atoms with E-state index in [9.17, 15) is 4.79 Å². The topological polar surface area (TPSA) is 63.1 Å². The minimum Gasteiger partial charge on any atom is -0.334 e. The summed E-state index contributed by atoms with van der Waals surface area (Å²) in [5, 5.41) is 11.9. The maximum Gasteiger partial charge on any atom is 0.276 e. The van der Waals surface area contributed by atoms with E-state index in [1.807, 2.05) is 15.8 Å². The molecule has 0 saturated carbocycles. The number of hydrogen-bond donors (Lipinski definition) is 1. The van der Waals surface area contributed by atoms with Gasteiger partial charge in [-0.05, 0) is 57.5 Å². The lowest BCUT2D eigenvalue weighted by Crippen LogP contribution is -2.40. The fourth-order valence-electron chi connectivity index (χ4n) is 3.67. The highest BCUT2D eigenvalue weighted by molar-refractivity contribution is 5.92. The van der Waals surface area contributed by atoms with Gasteiger partial charge in [-0.15, -0.1) is 17.5 Å². The lowest BCUT2D eigenvalue weighted by Gasteiger charge is -2.29. The van der Waals surface area contributed by atoms with Crippen LogP contribution in [0.4, 0.5) is 0 Å². The molecule has 1 atom stereocenters. The Hall–Kier alpha value is -1.14. The van der Waals surface area contributed by atoms with Crippen molar-refractivity contribution in [1.29, 1.82) is 0 Å². The van der Waals surface area contributed by atoms with Gasteiger partial charge in [-0.2, -0.15) is 0 Å². The summed E-state index contributed by atoms with van der Waals surface area (Å²) in [4.78, 5) is 15.2. The Morgan fingerprint density at radius 2 is 1.79 bits per heavy atom. The normalized spacial score (nSPS) is 16.2. The van der Waals surface area contributed by atoms with Gasteiger partial charge in [-0.1, -0.05) is 45.7 Å². The van der Waals surface area contributed by atoms with Gasteiger partial charge in [0.15, 0.2) is 5.69 Å². The average Bonchev–Trinajstić information content (AvgIpc) is 3.12. The van der Waals surface area contributed by atoms with E-state index >= 15 is 0 Å². The summed E-state index contributed by atoms with van der Waals surface area (Å²) in [7, 11) is 0. The third kappa shape index (κ3) is 7.70. The summed E-state index contributed by atoms with van der Waals surface area (Å²) in [5.74, 6) is 1.32. The number of halogens is 1. The summed E-state index contributed by atoms with van der Waals surface area (Å²) >= 11 is 0.